The molecule has 2 atom stereocenters. The molecule has 7 heteroatoms. The van der Waals surface area contributed by atoms with E-state index in [2.05, 4.69) is 70.3 Å². The number of hydrogen-bond acceptors (Lipinski definition) is 7. The number of aliphatic hydroxyl groups is 1. The van der Waals surface area contributed by atoms with Crippen LogP contribution in [-0.4, -0.2) is 35.3 Å². The second kappa shape index (κ2) is 11.1. The molecule has 0 amide bonds. The predicted octanol–water partition coefficient (Wildman–Crippen LogP) is 7.58. The van der Waals surface area contributed by atoms with Gasteiger partial charge < -0.3 is 15.2 Å². The number of allylic oxidation sites excluding steroid dienone is 13. The lowest BCUT2D eigenvalue weighted by molar-refractivity contribution is -0.140. The maximum absolute atomic E-state index is 12.2. The first kappa shape index (κ1) is 28.8. The quantitative estimate of drug-likeness (QED) is 0.319. The van der Waals surface area contributed by atoms with Crippen LogP contribution in [-0.2, 0) is 9.53 Å². The van der Waals surface area contributed by atoms with Crippen LogP contribution >= 0.6 is 0 Å². The summed E-state index contributed by atoms with van der Waals surface area (Å²) in [6.07, 6.45) is 13.8. The summed E-state index contributed by atoms with van der Waals surface area (Å²) in [7, 11) is 1.43. The molecular formula is C36H40N4O3. The Kier molecular flexibility index (Phi) is 7.45. The third-order valence-electron chi connectivity index (χ3n) is 9.51. The van der Waals surface area contributed by atoms with Gasteiger partial charge in [0.15, 0.2) is 0 Å². The Labute approximate surface area is 254 Å². The van der Waals surface area contributed by atoms with Gasteiger partial charge in [0.2, 0.25) is 0 Å². The fourth-order valence-corrected chi connectivity index (χ4v) is 6.95. The van der Waals surface area contributed by atoms with Gasteiger partial charge in [-0.25, -0.2) is 15.0 Å². The lowest BCUT2D eigenvalue weighted by Gasteiger charge is -2.17. The number of nitrogens with zero attached hydrogens (tertiary/aromatic N) is 3. The van der Waals surface area contributed by atoms with Crippen molar-refractivity contribution in [3.63, 3.8) is 0 Å². The van der Waals surface area contributed by atoms with E-state index < -0.39 is 0 Å². The van der Waals surface area contributed by atoms with Gasteiger partial charge in [0, 0.05) is 52.8 Å². The maximum Gasteiger partial charge on any atom is 0.305 e. The Morgan fingerprint density at radius 1 is 1.05 bits per heavy atom. The van der Waals surface area contributed by atoms with Crippen molar-refractivity contribution in [1.29, 1.82) is 0 Å². The highest BCUT2D eigenvalue weighted by Gasteiger charge is 2.41. The molecule has 6 rings (SSSR count). The molecule has 5 heterocycles. The van der Waals surface area contributed by atoms with E-state index in [1.807, 2.05) is 6.92 Å². The van der Waals surface area contributed by atoms with E-state index in [1.54, 1.807) is 0 Å². The van der Waals surface area contributed by atoms with Crippen LogP contribution in [0.3, 0.4) is 0 Å². The van der Waals surface area contributed by atoms with Crippen molar-refractivity contribution >= 4 is 23.1 Å². The van der Waals surface area contributed by atoms with Crippen molar-refractivity contribution < 1.29 is 14.6 Å². The zero-order chi connectivity index (χ0) is 30.6. The van der Waals surface area contributed by atoms with Crippen LogP contribution < -0.4 is 5.32 Å². The van der Waals surface area contributed by atoms with Crippen LogP contribution in [0.15, 0.2) is 119 Å². The topological polar surface area (TPSA) is 95.6 Å². The van der Waals surface area contributed by atoms with Gasteiger partial charge in [-0.2, -0.15) is 0 Å². The molecule has 8 bridgehead atoms. The van der Waals surface area contributed by atoms with Crippen LogP contribution in [0.1, 0.15) is 73.6 Å². The maximum atomic E-state index is 12.2. The molecule has 0 spiro atoms. The SMILES string of the molecule is CC/C=C/C1=C(C)C2=NC1=CC1=NC(=CC3=C(C)C4=C(O)CC(=C5NC(=C2)[C@@H](C)[C@@H]5CCC(=O)OC)C4=N3)C(CC)=C1C. The molecule has 1 saturated heterocycles. The summed E-state index contributed by atoms with van der Waals surface area (Å²) in [5, 5.41) is 15.0. The van der Waals surface area contributed by atoms with Crippen molar-refractivity contribution in [3.05, 3.63) is 104 Å². The zero-order valence-electron chi connectivity index (χ0n) is 26.2. The fourth-order valence-electron chi connectivity index (χ4n) is 6.95. The Hall–Kier alpha value is -4.26. The number of carbonyl (C=O) groups is 1. The molecule has 0 radical (unpaired) electrons. The smallest absolute Gasteiger partial charge is 0.305 e. The van der Waals surface area contributed by atoms with Crippen LogP contribution in [0.5, 0.6) is 0 Å². The number of rotatable bonds is 6. The predicted molar refractivity (Wildman–Crippen MR) is 173 cm³/mol. The largest absolute Gasteiger partial charge is 0.511 e. The Morgan fingerprint density at radius 2 is 1.79 bits per heavy atom. The molecular weight excluding hydrogens is 536 g/mol. The molecule has 1 fully saturated rings. The first-order valence-corrected chi connectivity index (χ1v) is 15.4. The summed E-state index contributed by atoms with van der Waals surface area (Å²) in [5.74, 6) is 0.247. The second-order valence-electron chi connectivity index (χ2n) is 12.0. The minimum Gasteiger partial charge on any atom is -0.511 e. The number of fused-ring (bicyclic) bond motifs is 5. The molecule has 7 nitrogen and oxygen atoms in total. The second-order valence-corrected chi connectivity index (χ2v) is 12.0. The number of methoxy groups -OCH3 is 1. The molecule has 0 aromatic carbocycles. The summed E-state index contributed by atoms with van der Waals surface area (Å²) in [4.78, 5) is 27.6. The number of aliphatic hydroxyl groups excluding tert-OH is 1. The summed E-state index contributed by atoms with van der Waals surface area (Å²) >= 11 is 0. The Morgan fingerprint density at radius 3 is 2.51 bits per heavy atom. The van der Waals surface area contributed by atoms with Gasteiger partial charge in [-0.1, -0.05) is 32.9 Å². The Bertz CT molecular complexity index is 1730. The summed E-state index contributed by atoms with van der Waals surface area (Å²) < 4.78 is 4.99. The lowest BCUT2D eigenvalue weighted by atomic mass is 9.86. The van der Waals surface area contributed by atoms with Gasteiger partial charge in [0.1, 0.15) is 5.76 Å². The highest BCUT2D eigenvalue weighted by atomic mass is 16.5. The van der Waals surface area contributed by atoms with Gasteiger partial charge >= 0.3 is 5.97 Å². The molecule has 5 aliphatic heterocycles. The van der Waals surface area contributed by atoms with E-state index in [-0.39, 0.29) is 17.8 Å². The van der Waals surface area contributed by atoms with Crippen LogP contribution in [0, 0.1) is 11.8 Å². The first-order chi connectivity index (χ1) is 20.7. The van der Waals surface area contributed by atoms with Crippen molar-refractivity contribution in [2.75, 3.05) is 7.11 Å². The molecule has 6 aliphatic rings. The van der Waals surface area contributed by atoms with E-state index in [9.17, 15) is 9.90 Å². The summed E-state index contributed by atoms with van der Waals surface area (Å²) in [5.41, 5.74) is 14.7. The summed E-state index contributed by atoms with van der Waals surface area (Å²) in [6.45, 7) is 12.8. The molecule has 0 aromatic rings. The zero-order valence-corrected chi connectivity index (χ0v) is 26.2. The number of aliphatic imine (C=N–C) groups is 3. The Balaban J connectivity index is 1.59. The van der Waals surface area contributed by atoms with E-state index in [0.717, 1.165) is 91.9 Å². The fraction of sp³-hybridized carbons (Fsp3) is 0.389. The van der Waals surface area contributed by atoms with Gasteiger partial charge in [-0.15, -0.1) is 0 Å². The minimum atomic E-state index is -0.224. The standard InChI is InChI=1S/C36H40N4O3/c1-8-10-11-23-19(4)26-15-28-20(5)24(12-13-33(42)43-7)35(39-28)25-14-32(41)34-21(6)29(40-36(25)34)17-30-22(9-2)18(3)27(37-30)16-31(23)38-26/h10-11,15-17,20,24,39,41H,8-9,12-14H2,1-7H3/b11-10+,28-15?,30-17?,31-16?,35-25?/t20-,24-/m0/s1. The monoisotopic (exact) mass is 576 g/mol. The minimum absolute atomic E-state index is 0.0354. The number of nitrogens with one attached hydrogen (secondary N) is 1. The van der Waals surface area contributed by atoms with Crippen molar-refractivity contribution in [2.24, 2.45) is 26.8 Å². The molecule has 1 aliphatic carbocycles. The lowest BCUT2D eigenvalue weighted by Crippen LogP contribution is -2.16. The average Bonchev–Trinajstić information content (AvgIpc) is 3.73. The highest BCUT2D eigenvalue weighted by Crippen LogP contribution is 2.46. The van der Waals surface area contributed by atoms with E-state index in [0.29, 0.717) is 25.0 Å². The number of carbonyl (C=O) groups excluding carboxylic acids is 1. The first-order valence-electron chi connectivity index (χ1n) is 15.4. The van der Waals surface area contributed by atoms with Gasteiger partial charge in [-0.05, 0) is 80.6 Å². The third kappa shape index (κ3) is 4.75. The molecule has 43 heavy (non-hydrogen) atoms. The molecule has 0 saturated carbocycles. The van der Waals surface area contributed by atoms with Crippen molar-refractivity contribution in [3.8, 4) is 0 Å². The molecule has 222 valence electrons. The highest BCUT2D eigenvalue weighted by molar-refractivity contribution is 6.21. The van der Waals surface area contributed by atoms with Gasteiger partial charge in [0.05, 0.1) is 41.3 Å². The molecule has 0 aromatic heterocycles. The third-order valence-corrected chi connectivity index (χ3v) is 9.51. The average molecular weight is 577 g/mol. The molecule has 2 N–H and O–H groups in total. The number of esters is 1. The summed E-state index contributed by atoms with van der Waals surface area (Å²) in [6, 6.07) is 0. The van der Waals surface area contributed by atoms with E-state index >= 15 is 0 Å². The van der Waals surface area contributed by atoms with Crippen LogP contribution in [0.25, 0.3) is 0 Å². The normalized spacial score (nSPS) is 24.6. The van der Waals surface area contributed by atoms with Gasteiger partial charge in [0.25, 0.3) is 0 Å². The van der Waals surface area contributed by atoms with Crippen LogP contribution in [0.2, 0.25) is 0 Å². The van der Waals surface area contributed by atoms with Crippen molar-refractivity contribution in [2.45, 2.75) is 73.6 Å². The number of ether oxygens (including phenoxy) is 1. The van der Waals surface area contributed by atoms with Gasteiger partial charge in [-0.3, -0.25) is 4.79 Å². The molecule has 0 unspecified atom stereocenters. The van der Waals surface area contributed by atoms with Crippen molar-refractivity contribution in [1.82, 2.24) is 5.32 Å². The van der Waals surface area contributed by atoms with E-state index in [4.69, 9.17) is 19.7 Å². The van der Waals surface area contributed by atoms with Crippen LogP contribution in [0.4, 0.5) is 0 Å². The van der Waals surface area contributed by atoms with E-state index in [1.165, 1.54) is 12.7 Å². The number of hydrogen-bond donors (Lipinski definition) is 2.